The largest absolute Gasteiger partial charge is 0.480 e. The fraction of sp³-hybridized carbons (Fsp3) is 0.167. The molecule has 0 spiro atoms. The first-order valence-corrected chi connectivity index (χ1v) is 12.1. The van der Waals surface area contributed by atoms with Gasteiger partial charge in [-0.15, -0.1) is 0 Å². The molecule has 2 amide bonds. The minimum Gasteiger partial charge on any atom is -0.480 e. The number of halogens is 1. The first-order valence-electron chi connectivity index (χ1n) is 12.1. The number of aliphatic carboxylic acids is 1. The zero-order valence-corrected chi connectivity index (χ0v) is 21.0. The van der Waals surface area contributed by atoms with Crippen LogP contribution in [0.25, 0.3) is 11.3 Å². The summed E-state index contributed by atoms with van der Waals surface area (Å²) >= 11 is 0. The van der Waals surface area contributed by atoms with Crippen molar-refractivity contribution < 1.29 is 28.3 Å². The van der Waals surface area contributed by atoms with Gasteiger partial charge in [-0.1, -0.05) is 55.0 Å². The van der Waals surface area contributed by atoms with Gasteiger partial charge in [-0.25, -0.2) is 9.18 Å². The van der Waals surface area contributed by atoms with Crippen molar-refractivity contribution in [3.63, 3.8) is 0 Å². The van der Waals surface area contributed by atoms with Crippen LogP contribution in [0.4, 0.5) is 10.1 Å². The molecule has 1 unspecified atom stereocenters. The van der Waals surface area contributed by atoms with Crippen molar-refractivity contribution in [2.24, 2.45) is 0 Å². The number of hydrogen-bond acceptors (Lipinski definition) is 4. The van der Waals surface area contributed by atoms with Crippen LogP contribution in [-0.4, -0.2) is 28.9 Å². The number of carbonyl (C=O) groups excluding carboxylic acids is 2. The van der Waals surface area contributed by atoms with E-state index in [0.717, 1.165) is 29.2 Å². The zero-order chi connectivity index (χ0) is 27.2. The molecule has 4 aromatic rings. The highest BCUT2D eigenvalue weighted by Gasteiger charge is 2.24. The average Bonchev–Trinajstić information content (AvgIpc) is 3.41. The van der Waals surface area contributed by atoms with Crippen LogP contribution in [-0.2, 0) is 17.6 Å². The Labute approximate surface area is 219 Å². The fourth-order valence-corrected chi connectivity index (χ4v) is 3.87. The number of furan rings is 1. The molecule has 1 heterocycles. The van der Waals surface area contributed by atoms with Crippen molar-refractivity contribution >= 4 is 23.5 Å². The van der Waals surface area contributed by atoms with Crippen molar-refractivity contribution in [2.75, 3.05) is 5.32 Å². The van der Waals surface area contributed by atoms with Gasteiger partial charge in [0, 0.05) is 17.5 Å². The van der Waals surface area contributed by atoms with E-state index in [2.05, 4.69) is 10.6 Å². The van der Waals surface area contributed by atoms with Gasteiger partial charge in [-0.2, -0.15) is 0 Å². The molecular formula is C30H27FN2O5. The second-order valence-electron chi connectivity index (χ2n) is 8.92. The lowest BCUT2D eigenvalue weighted by Crippen LogP contribution is -2.42. The van der Waals surface area contributed by atoms with Crippen LogP contribution in [0.15, 0.2) is 83.3 Å². The van der Waals surface area contributed by atoms with Gasteiger partial charge in [-0.3, -0.25) is 9.59 Å². The molecular weight excluding hydrogens is 487 g/mol. The van der Waals surface area contributed by atoms with Gasteiger partial charge in [0.25, 0.3) is 11.8 Å². The highest BCUT2D eigenvalue weighted by Crippen LogP contribution is 2.23. The van der Waals surface area contributed by atoms with E-state index in [1.54, 1.807) is 18.2 Å². The summed E-state index contributed by atoms with van der Waals surface area (Å²) in [4.78, 5) is 37.0. The summed E-state index contributed by atoms with van der Waals surface area (Å²) in [6, 6.07) is 20.3. The predicted molar refractivity (Wildman–Crippen MR) is 142 cm³/mol. The average molecular weight is 515 g/mol. The van der Waals surface area contributed by atoms with E-state index in [1.807, 2.05) is 50.2 Å². The number of benzene rings is 3. The van der Waals surface area contributed by atoms with Crippen LogP contribution in [0, 0.1) is 12.7 Å². The highest BCUT2D eigenvalue weighted by molar-refractivity contribution is 6.04. The standard InChI is InChI=1S/C30H27FN2O5/c1-3-19-6-11-22(12-7-19)28(34)32-24-13-8-20(16-23(24)31)17-25(30(36)37)33-29(35)27-15-14-26(38-27)21-9-4-18(2)5-10-21/h4-16,25H,3,17H2,1-2H3,(H,32,34)(H,33,35)(H,36,37). The van der Waals surface area contributed by atoms with Crippen LogP contribution in [0.1, 0.15) is 44.5 Å². The number of carbonyl (C=O) groups is 3. The monoisotopic (exact) mass is 514 g/mol. The van der Waals surface area contributed by atoms with Crippen LogP contribution in [0.5, 0.6) is 0 Å². The molecule has 0 aliphatic carbocycles. The Morgan fingerprint density at radius 2 is 1.58 bits per heavy atom. The molecule has 3 aromatic carbocycles. The molecule has 1 aromatic heterocycles. The van der Waals surface area contributed by atoms with Gasteiger partial charge in [-0.05, 0) is 60.9 Å². The van der Waals surface area contributed by atoms with Gasteiger partial charge in [0.15, 0.2) is 5.76 Å². The summed E-state index contributed by atoms with van der Waals surface area (Å²) in [6.07, 6.45) is 0.669. The third-order valence-electron chi connectivity index (χ3n) is 6.12. The summed E-state index contributed by atoms with van der Waals surface area (Å²) < 4.78 is 20.4. The van der Waals surface area contributed by atoms with E-state index in [4.69, 9.17) is 4.42 Å². The Morgan fingerprint density at radius 3 is 2.21 bits per heavy atom. The van der Waals surface area contributed by atoms with E-state index in [0.29, 0.717) is 16.9 Å². The number of amides is 2. The van der Waals surface area contributed by atoms with E-state index in [9.17, 15) is 23.9 Å². The molecule has 0 radical (unpaired) electrons. The maximum absolute atomic E-state index is 14.7. The fourth-order valence-electron chi connectivity index (χ4n) is 3.87. The summed E-state index contributed by atoms with van der Waals surface area (Å²) in [5.41, 5.74) is 3.63. The molecule has 8 heteroatoms. The second-order valence-corrected chi connectivity index (χ2v) is 8.92. The number of aryl methyl sites for hydroxylation is 2. The van der Waals surface area contributed by atoms with E-state index >= 15 is 0 Å². The third-order valence-corrected chi connectivity index (χ3v) is 6.12. The van der Waals surface area contributed by atoms with Gasteiger partial charge < -0.3 is 20.2 Å². The van der Waals surface area contributed by atoms with Crippen LogP contribution < -0.4 is 10.6 Å². The van der Waals surface area contributed by atoms with Crippen LogP contribution in [0.2, 0.25) is 0 Å². The minimum atomic E-state index is -1.33. The predicted octanol–water partition coefficient (Wildman–Crippen LogP) is 5.63. The summed E-state index contributed by atoms with van der Waals surface area (Å²) in [5, 5.41) is 14.6. The van der Waals surface area contributed by atoms with Crippen molar-refractivity contribution in [1.29, 1.82) is 0 Å². The molecule has 0 saturated carbocycles. The highest BCUT2D eigenvalue weighted by atomic mass is 19.1. The van der Waals surface area contributed by atoms with Crippen molar-refractivity contribution in [3.05, 3.63) is 113 Å². The quantitative estimate of drug-likeness (QED) is 0.268. The zero-order valence-electron chi connectivity index (χ0n) is 21.0. The Kier molecular flexibility index (Phi) is 8.01. The molecule has 7 nitrogen and oxygen atoms in total. The first-order chi connectivity index (χ1) is 18.2. The molecule has 4 rings (SSSR count). The lowest BCUT2D eigenvalue weighted by molar-refractivity contribution is -0.139. The van der Waals surface area contributed by atoms with Gasteiger partial charge >= 0.3 is 5.97 Å². The minimum absolute atomic E-state index is 0.0338. The van der Waals surface area contributed by atoms with Gasteiger partial charge in [0.1, 0.15) is 17.6 Å². The number of anilines is 1. The smallest absolute Gasteiger partial charge is 0.326 e. The molecule has 0 aliphatic heterocycles. The number of carboxylic acid groups (broad SMARTS) is 1. The van der Waals surface area contributed by atoms with Crippen molar-refractivity contribution in [3.8, 4) is 11.3 Å². The second kappa shape index (κ2) is 11.6. The Morgan fingerprint density at radius 1 is 0.895 bits per heavy atom. The SMILES string of the molecule is CCc1ccc(C(=O)Nc2ccc(CC(NC(=O)c3ccc(-c4ccc(C)cc4)o3)C(=O)O)cc2F)cc1. The van der Waals surface area contributed by atoms with E-state index in [-0.39, 0.29) is 17.9 Å². The molecule has 38 heavy (non-hydrogen) atoms. The Bertz CT molecular complexity index is 1460. The lowest BCUT2D eigenvalue weighted by atomic mass is 10.0. The summed E-state index contributed by atoms with van der Waals surface area (Å²) in [5.74, 6) is -2.72. The summed E-state index contributed by atoms with van der Waals surface area (Å²) in [6.45, 7) is 3.96. The molecule has 0 fully saturated rings. The van der Waals surface area contributed by atoms with Crippen molar-refractivity contribution in [2.45, 2.75) is 32.7 Å². The molecule has 0 bridgehead atoms. The first kappa shape index (κ1) is 26.3. The normalized spacial score (nSPS) is 11.6. The maximum atomic E-state index is 14.7. The number of nitrogens with one attached hydrogen (secondary N) is 2. The molecule has 0 saturated heterocycles. The van der Waals surface area contributed by atoms with Crippen LogP contribution in [0.3, 0.4) is 0 Å². The lowest BCUT2D eigenvalue weighted by Gasteiger charge is -2.15. The van der Waals surface area contributed by atoms with Crippen molar-refractivity contribution in [1.82, 2.24) is 5.32 Å². The Hall–Kier alpha value is -4.72. The van der Waals surface area contributed by atoms with E-state index in [1.165, 1.54) is 18.2 Å². The molecule has 194 valence electrons. The topological polar surface area (TPSA) is 109 Å². The molecule has 3 N–H and O–H groups in total. The number of hydrogen-bond donors (Lipinski definition) is 3. The Balaban J connectivity index is 1.41. The molecule has 0 aliphatic rings. The van der Waals surface area contributed by atoms with Crippen LogP contribution >= 0.6 is 0 Å². The van der Waals surface area contributed by atoms with Gasteiger partial charge in [0.2, 0.25) is 0 Å². The molecule has 1 atom stereocenters. The van der Waals surface area contributed by atoms with E-state index < -0.39 is 29.6 Å². The number of carboxylic acids is 1. The van der Waals surface area contributed by atoms with Gasteiger partial charge in [0.05, 0.1) is 5.69 Å². The maximum Gasteiger partial charge on any atom is 0.326 e. The summed E-state index contributed by atoms with van der Waals surface area (Å²) in [7, 11) is 0. The number of rotatable bonds is 9. The third kappa shape index (κ3) is 6.34.